The largest absolute Gasteiger partial charge is 0.381 e. The molecule has 3 rings (SSSR count). The summed E-state index contributed by atoms with van der Waals surface area (Å²) in [4.78, 5) is 16.4. The van der Waals surface area contributed by atoms with Crippen LogP contribution in [0.4, 0.5) is 4.39 Å². The van der Waals surface area contributed by atoms with Gasteiger partial charge in [-0.15, -0.1) is 0 Å². The lowest BCUT2D eigenvalue weighted by Gasteiger charge is -2.34. The molecule has 2 aliphatic heterocycles. The van der Waals surface area contributed by atoms with E-state index in [-0.39, 0.29) is 11.7 Å². The van der Waals surface area contributed by atoms with Crippen molar-refractivity contribution in [1.82, 2.24) is 9.80 Å². The summed E-state index contributed by atoms with van der Waals surface area (Å²) in [5.41, 5.74) is 0.978. The molecule has 0 aromatic heterocycles. The minimum atomic E-state index is -0.240. The summed E-state index contributed by atoms with van der Waals surface area (Å²) >= 11 is 0. The van der Waals surface area contributed by atoms with Crippen LogP contribution >= 0.6 is 0 Å². The van der Waals surface area contributed by atoms with Crippen LogP contribution in [0.15, 0.2) is 24.3 Å². The standard InChI is InChI=1S/C17H23FN2O2/c18-16-3-1-14(2-4-16)11-20-9-8-19(12-17(20)21)7-5-15-6-10-22-13-15/h1-4,15H,5-13H2. The molecule has 1 atom stereocenters. The van der Waals surface area contributed by atoms with Gasteiger partial charge in [-0.1, -0.05) is 12.1 Å². The highest BCUT2D eigenvalue weighted by Crippen LogP contribution is 2.18. The van der Waals surface area contributed by atoms with Crippen LogP contribution in [-0.4, -0.2) is 55.1 Å². The van der Waals surface area contributed by atoms with E-state index in [2.05, 4.69) is 4.90 Å². The number of hydrogen-bond acceptors (Lipinski definition) is 3. The van der Waals surface area contributed by atoms with Gasteiger partial charge >= 0.3 is 0 Å². The van der Waals surface area contributed by atoms with Crippen molar-refractivity contribution in [3.63, 3.8) is 0 Å². The second-order valence-electron chi connectivity index (χ2n) is 6.24. The molecule has 0 saturated carbocycles. The average molecular weight is 306 g/mol. The number of nitrogens with zero attached hydrogens (tertiary/aromatic N) is 2. The minimum absolute atomic E-state index is 0.165. The zero-order valence-electron chi connectivity index (χ0n) is 12.8. The molecule has 2 heterocycles. The predicted octanol–water partition coefficient (Wildman–Crippen LogP) is 1.90. The molecule has 1 aromatic carbocycles. The second-order valence-corrected chi connectivity index (χ2v) is 6.24. The molecule has 120 valence electrons. The van der Waals surface area contributed by atoms with Crippen LogP contribution in [0.3, 0.4) is 0 Å². The Morgan fingerprint density at radius 1 is 1.23 bits per heavy atom. The maximum atomic E-state index is 12.9. The van der Waals surface area contributed by atoms with Crippen molar-refractivity contribution >= 4 is 5.91 Å². The van der Waals surface area contributed by atoms with E-state index in [1.165, 1.54) is 12.1 Å². The molecule has 0 N–H and O–H groups in total. The first-order valence-corrected chi connectivity index (χ1v) is 8.03. The summed E-state index contributed by atoms with van der Waals surface area (Å²) in [5, 5.41) is 0. The zero-order valence-corrected chi connectivity index (χ0v) is 12.8. The van der Waals surface area contributed by atoms with E-state index in [9.17, 15) is 9.18 Å². The molecule has 2 saturated heterocycles. The quantitative estimate of drug-likeness (QED) is 0.833. The number of ether oxygens (including phenoxy) is 1. The Kier molecular flexibility index (Phi) is 5.05. The van der Waals surface area contributed by atoms with Crippen LogP contribution in [0.1, 0.15) is 18.4 Å². The first kappa shape index (κ1) is 15.4. The highest BCUT2D eigenvalue weighted by Gasteiger charge is 2.25. The van der Waals surface area contributed by atoms with E-state index in [1.807, 2.05) is 4.90 Å². The van der Waals surface area contributed by atoms with E-state index in [1.54, 1.807) is 12.1 Å². The average Bonchev–Trinajstić information content (AvgIpc) is 3.03. The number of piperazine rings is 1. The summed E-state index contributed by atoms with van der Waals surface area (Å²) in [5.74, 6) is 0.585. The van der Waals surface area contributed by atoms with Crippen LogP contribution in [0.5, 0.6) is 0 Å². The van der Waals surface area contributed by atoms with Crippen molar-refractivity contribution < 1.29 is 13.9 Å². The topological polar surface area (TPSA) is 32.8 Å². The van der Waals surface area contributed by atoms with Gasteiger partial charge in [0.25, 0.3) is 0 Å². The van der Waals surface area contributed by atoms with Crippen molar-refractivity contribution in [2.24, 2.45) is 5.92 Å². The molecule has 0 spiro atoms. The third-order valence-corrected chi connectivity index (χ3v) is 4.56. The van der Waals surface area contributed by atoms with Crippen LogP contribution in [-0.2, 0) is 16.1 Å². The summed E-state index contributed by atoms with van der Waals surface area (Å²) in [6, 6.07) is 6.38. The highest BCUT2D eigenvalue weighted by molar-refractivity contribution is 5.79. The fraction of sp³-hybridized carbons (Fsp3) is 0.588. The van der Waals surface area contributed by atoms with Gasteiger partial charge in [0, 0.05) is 32.8 Å². The number of carbonyl (C=O) groups excluding carboxylic acids is 1. The van der Waals surface area contributed by atoms with Gasteiger partial charge in [0.15, 0.2) is 0 Å². The Hall–Kier alpha value is -1.46. The summed E-state index contributed by atoms with van der Waals surface area (Å²) in [6.07, 6.45) is 2.27. The minimum Gasteiger partial charge on any atom is -0.381 e. The maximum Gasteiger partial charge on any atom is 0.237 e. The van der Waals surface area contributed by atoms with Crippen LogP contribution < -0.4 is 0 Å². The van der Waals surface area contributed by atoms with Gasteiger partial charge in [-0.3, -0.25) is 9.69 Å². The summed E-state index contributed by atoms with van der Waals surface area (Å²) in [6.45, 7) is 5.47. The van der Waals surface area contributed by atoms with Crippen LogP contribution in [0, 0.1) is 11.7 Å². The SMILES string of the molecule is O=C1CN(CCC2CCOC2)CCN1Cc1ccc(F)cc1. The maximum absolute atomic E-state index is 12.9. The molecule has 0 bridgehead atoms. The van der Waals surface area contributed by atoms with E-state index < -0.39 is 0 Å². The lowest BCUT2D eigenvalue weighted by Crippen LogP contribution is -2.50. The molecule has 22 heavy (non-hydrogen) atoms. The Morgan fingerprint density at radius 3 is 2.73 bits per heavy atom. The van der Waals surface area contributed by atoms with Gasteiger partial charge < -0.3 is 9.64 Å². The Labute approximate surface area is 130 Å². The fourth-order valence-electron chi connectivity index (χ4n) is 3.10. The van der Waals surface area contributed by atoms with Gasteiger partial charge in [-0.25, -0.2) is 4.39 Å². The number of halogens is 1. The molecule has 4 nitrogen and oxygen atoms in total. The van der Waals surface area contributed by atoms with Gasteiger partial charge in [-0.2, -0.15) is 0 Å². The second kappa shape index (κ2) is 7.20. The summed E-state index contributed by atoms with van der Waals surface area (Å²) in [7, 11) is 0. The normalized spacial score (nSPS) is 23.2. The molecular weight excluding hydrogens is 283 g/mol. The lowest BCUT2D eigenvalue weighted by molar-refractivity contribution is -0.136. The fourth-order valence-corrected chi connectivity index (χ4v) is 3.10. The molecule has 0 radical (unpaired) electrons. The molecule has 1 unspecified atom stereocenters. The zero-order chi connectivity index (χ0) is 15.4. The number of carbonyl (C=O) groups is 1. The van der Waals surface area contributed by atoms with E-state index in [0.717, 1.165) is 51.3 Å². The van der Waals surface area contributed by atoms with E-state index in [0.29, 0.717) is 19.0 Å². The first-order valence-electron chi connectivity index (χ1n) is 8.03. The highest BCUT2D eigenvalue weighted by atomic mass is 19.1. The Morgan fingerprint density at radius 2 is 2.05 bits per heavy atom. The Balaban J connectivity index is 1.45. The Bertz CT molecular complexity index is 500. The number of amides is 1. The van der Waals surface area contributed by atoms with Crippen molar-refractivity contribution in [3.8, 4) is 0 Å². The van der Waals surface area contributed by atoms with Gasteiger partial charge in [0.05, 0.1) is 6.54 Å². The molecule has 1 amide bonds. The third-order valence-electron chi connectivity index (χ3n) is 4.56. The van der Waals surface area contributed by atoms with Crippen LogP contribution in [0.2, 0.25) is 0 Å². The third kappa shape index (κ3) is 4.05. The molecule has 2 fully saturated rings. The van der Waals surface area contributed by atoms with Gasteiger partial charge in [0.2, 0.25) is 5.91 Å². The molecule has 1 aromatic rings. The summed E-state index contributed by atoms with van der Waals surface area (Å²) < 4.78 is 18.3. The number of benzene rings is 1. The van der Waals surface area contributed by atoms with Crippen LogP contribution in [0.25, 0.3) is 0 Å². The number of hydrogen-bond donors (Lipinski definition) is 0. The van der Waals surface area contributed by atoms with Crippen molar-refractivity contribution in [1.29, 1.82) is 0 Å². The smallest absolute Gasteiger partial charge is 0.237 e. The molecular formula is C17H23FN2O2. The molecule has 5 heteroatoms. The first-order chi connectivity index (χ1) is 10.7. The van der Waals surface area contributed by atoms with Gasteiger partial charge in [-0.05, 0) is 43.0 Å². The van der Waals surface area contributed by atoms with E-state index in [4.69, 9.17) is 4.74 Å². The van der Waals surface area contributed by atoms with Crippen molar-refractivity contribution in [2.75, 3.05) is 39.4 Å². The number of rotatable bonds is 5. The van der Waals surface area contributed by atoms with Crippen molar-refractivity contribution in [3.05, 3.63) is 35.6 Å². The lowest BCUT2D eigenvalue weighted by atomic mass is 10.0. The predicted molar refractivity (Wildman–Crippen MR) is 81.8 cm³/mol. The van der Waals surface area contributed by atoms with Gasteiger partial charge in [0.1, 0.15) is 5.82 Å². The molecule has 2 aliphatic rings. The molecule has 0 aliphatic carbocycles. The van der Waals surface area contributed by atoms with Crippen molar-refractivity contribution in [2.45, 2.75) is 19.4 Å². The monoisotopic (exact) mass is 306 g/mol. The van der Waals surface area contributed by atoms with E-state index >= 15 is 0 Å².